The SMILES string of the molecule is NCCc1ccc(F)cc1Cc1cccc(F)c1. The summed E-state index contributed by atoms with van der Waals surface area (Å²) < 4.78 is 26.4. The number of hydrogen-bond donors (Lipinski definition) is 1. The highest BCUT2D eigenvalue weighted by molar-refractivity contribution is 5.33. The minimum atomic E-state index is -0.276. The summed E-state index contributed by atoms with van der Waals surface area (Å²) >= 11 is 0. The second-order valence-electron chi connectivity index (χ2n) is 4.26. The first-order valence-electron chi connectivity index (χ1n) is 5.91. The van der Waals surface area contributed by atoms with Gasteiger partial charge in [0, 0.05) is 0 Å². The lowest BCUT2D eigenvalue weighted by molar-refractivity contribution is 0.623. The first-order chi connectivity index (χ1) is 8.69. The molecule has 0 spiro atoms. The first kappa shape index (κ1) is 12.7. The van der Waals surface area contributed by atoms with E-state index in [2.05, 4.69) is 0 Å². The van der Waals surface area contributed by atoms with Gasteiger partial charge >= 0.3 is 0 Å². The molecule has 2 aromatic rings. The van der Waals surface area contributed by atoms with Crippen LogP contribution in [0.5, 0.6) is 0 Å². The zero-order valence-corrected chi connectivity index (χ0v) is 10.00. The largest absolute Gasteiger partial charge is 0.330 e. The lowest BCUT2D eigenvalue weighted by Crippen LogP contribution is -2.06. The molecule has 0 aromatic heterocycles. The third-order valence-corrected chi connectivity index (χ3v) is 2.87. The minimum Gasteiger partial charge on any atom is -0.330 e. The van der Waals surface area contributed by atoms with Crippen molar-refractivity contribution in [1.82, 2.24) is 0 Å². The highest BCUT2D eigenvalue weighted by Crippen LogP contribution is 2.17. The van der Waals surface area contributed by atoms with Crippen LogP contribution in [-0.4, -0.2) is 6.54 Å². The summed E-state index contributed by atoms with van der Waals surface area (Å²) in [7, 11) is 0. The van der Waals surface area contributed by atoms with E-state index in [9.17, 15) is 8.78 Å². The number of halogens is 2. The van der Waals surface area contributed by atoms with Crippen LogP contribution in [0.3, 0.4) is 0 Å². The molecule has 0 fully saturated rings. The van der Waals surface area contributed by atoms with Gasteiger partial charge in [-0.2, -0.15) is 0 Å². The van der Waals surface area contributed by atoms with E-state index >= 15 is 0 Å². The van der Waals surface area contributed by atoms with E-state index < -0.39 is 0 Å². The van der Waals surface area contributed by atoms with E-state index in [1.54, 1.807) is 12.1 Å². The third kappa shape index (κ3) is 3.14. The Hall–Kier alpha value is -1.74. The molecule has 0 amide bonds. The molecule has 2 rings (SSSR count). The summed E-state index contributed by atoms with van der Waals surface area (Å²) in [5, 5.41) is 0. The van der Waals surface area contributed by atoms with Crippen molar-refractivity contribution in [2.24, 2.45) is 5.73 Å². The molecule has 0 heterocycles. The van der Waals surface area contributed by atoms with Crippen molar-refractivity contribution in [2.45, 2.75) is 12.8 Å². The summed E-state index contributed by atoms with van der Waals surface area (Å²) in [4.78, 5) is 0. The normalized spacial score (nSPS) is 10.6. The van der Waals surface area contributed by atoms with Crippen molar-refractivity contribution in [2.75, 3.05) is 6.54 Å². The topological polar surface area (TPSA) is 26.0 Å². The van der Waals surface area contributed by atoms with E-state index in [4.69, 9.17) is 5.73 Å². The number of nitrogens with two attached hydrogens (primary N) is 1. The zero-order chi connectivity index (χ0) is 13.0. The molecule has 3 heteroatoms. The second kappa shape index (κ2) is 5.74. The number of hydrogen-bond acceptors (Lipinski definition) is 1. The number of benzene rings is 2. The van der Waals surface area contributed by atoms with Crippen LogP contribution in [0.15, 0.2) is 42.5 Å². The predicted octanol–water partition coefficient (Wildman–Crippen LogP) is 3.06. The van der Waals surface area contributed by atoms with Crippen LogP contribution in [0, 0.1) is 11.6 Å². The van der Waals surface area contributed by atoms with E-state index in [0.717, 1.165) is 16.7 Å². The van der Waals surface area contributed by atoms with E-state index in [0.29, 0.717) is 19.4 Å². The Bertz CT molecular complexity index is 538. The second-order valence-corrected chi connectivity index (χ2v) is 4.26. The van der Waals surface area contributed by atoms with Crippen molar-refractivity contribution in [1.29, 1.82) is 0 Å². The summed E-state index contributed by atoms with van der Waals surface area (Å²) in [6.45, 7) is 0.516. The van der Waals surface area contributed by atoms with Crippen molar-refractivity contribution < 1.29 is 8.78 Å². The summed E-state index contributed by atoms with van der Waals surface area (Å²) in [6, 6.07) is 11.0. The van der Waals surface area contributed by atoms with E-state index in [-0.39, 0.29) is 11.6 Å². The Balaban J connectivity index is 2.29. The fraction of sp³-hybridized carbons (Fsp3) is 0.200. The molecule has 0 aliphatic heterocycles. The van der Waals surface area contributed by atoms with Crippen LogP contribution in [0.4, 0.5) is 8.78 Å². The van der Waals surface area contributed by atoms with Gasteiger partial charge in [-0.15, -0.1) is 0 Å². The highest BCUT2D eigenvalue weighted by atomic mass is 19.1. The summed E-state index contributed by atoms with van der Waals surface area (Å²) in [5.41, 5.74) is 8.25. The summed E-state index contributed by atoms with van der Waals surface area (Å²) in [5.74, 6) is -0.550. The quantitative estimate of drug-likeness (QED) is 0.883. The molecule has 18 heavy (non-hydrogen) atoms. The molecule has 0 saturated carbocycles. The average Bonchev–Trinajstić information content (AvgIpc) is 2.33. The van der Waals surface area contributed by atoms with Crippen molar-refractivity contribution in [3.05, 3.63) is 70.8 Å². The third-order valence-electron chi connectivity index (χ3n) is 2.87. The average molecular weight is 247 g/mol. The smallest absolute Gasteiger partial charge is 0.123 e. The Morgan fingerprint density at radius 3 is 2.39 bits per heavy atom. The molecule has 1 nitrogen and oxygen atoms in total. The van der Waals surface area contributed by atoms with Crippen molar-refractivity contribution in [3.8, 4) is 0 Å². The first-order valence-corrected chi connectivity index (χ1v) is 5.91. The van der Waals surface area contributed by atoms with Gasteiger partial charge < -0.3 is 5.73 Å². The lowest BCUT2D eigenvalue weighted by atomic mass is 9.97. The molecule has 0 bridgehead atoms. The van der Waals surface area contributed by atoms with Gasteiger partial charge in [0.1, 0.15) is 11.6 Å². The van der Waals surface area contributed by atoms with Crippen LogP contribution >= 0.6 is 0 Å². The molecule has 0 aliphatic rings. The van der Waals surface area contributed by atoms with Gasteiger partial charge in [0.25, 0.3) is 0 Å². The van der Waals surface area contributed by atoms with E-state index in [1.807, 2.05) is 6.07 Å². The van der Waals surface area contributed by atoms with Crippen molar-refractivity contribution >= 4 is 0 Å². The molecule has 2 N–H and O–H groups in total. The minimum absolute atomic E-state index is 0.274. The van der Waals surface area contributed by atoms with Crippen LogP contribution in [0.25, 0.3) is 0 Å². The highest BCUT2D eigenvalue weighted by Gasteiger charge is 2.05. The van der Waals surface area contributed by atoms with Gasteiger partial charge in [0.15, 0.2) is 0 Å². The molecule has 0 saturated heterocycles. The van der Waals surface area contributed by atoms with E-state index in [1.165, 1.54) is 24.3 Å². The zero-order valence-electron chi connectivity index (χ0n) is 10.00. The maximum absolute atomic E-state index is 13.3. The Morgan fingerprint density at radius 2 is 1.67 bits per heavy atom. The molecular formula is C15H15F2N. The molecule has 0 aliphatic carbocycles. The maximum Gasteiger partial charge on any atom is 0.123 e. The van der Waals surface area contributed by atoms with Crippen LogP contribution in [-0.2, 0) is 12.8 Å². The Kier molecular flexibility index (Phi) is 4.05. The van der Waals surface area contributed by atoms with Gasteiger partial charge in [0.2, 0.25) is 0 Å². The summed E-state index contributed by atoms with van der Waals surface area (Å²) in [6.07, 6.45) is 1.22. The standard InChI is InChI=1S/C15H15F2N/c16-14-3-1-2-11(9-14)8-13-10-15(17)5-4-12(13)6-7-18/h1-5,9-10H,6-8,18H2. The molecule has 0 atom stereocenters. The predicted molar refractivity (Wildman–Crippen MR) is 68.4 cm³/mol. The Morgan fingerprint density at radius 1 is 0.889 bits per heavy atom. The maximum atomic E-state index is 13.3. The Labute approximate surface area is 105 Å². The van der Waals surface area contributed by atoms with Crippen LogP contribution in [0.2, 0.25) is 0 Å². The van der Waals surface area contributed by atoms with Crippen molar-refractivity contribution in [3.63, 3.8) is 0 Å². The lowest BCUT2D eigenvalue weighted by Gasteiger charge is -2.09. The molecule has 94 valence electrons. The molecule has 0 radical (unpaired) electrons. The number of rotatable bonds is 4. The van der Waals surface area contributed by atoms with Crippen LogP contribution < -0.4 is 5.73 Å². The monoisotopic (exact) mass is 247 g/mol. The fourth-order valence-corrected chi connectivity index (χ4v) is 2.03. The molecule has 2 aromatic carbocycles. The molecule has 0 unspecified atom stereocenters. The van der Waals surface area contributed by atoms with Gasteiger partial charge in [-0.3, -0.25) is 0 Å². The molecular weight excluding hydrogens is 232 g/mol. The van der Waals surface area contributed by atoms with Crippen LogP contribution in [0.1, 0.15) is 16.7 Å². The van der Waals surface area contributed by atoms with Gasteiger partial charge in [-0.1, -0.05) is 18.2 Å². The fourth-order valence-electron chi connectivity index (χ4n) is 2.03. The van der Waals surface area contributed by atoms with Gasteiger partial charge in [-0.05, 0) is 60.3 Å². The van der Waals surface area contributed by atoms with Gasteiger partial charge in [0.05, 0.1) is 0 Å². The van der Waals surface area contributed by atoms with Gasteiger partial charge in [-0.25, -0.2) is 8.78 Å².